The predicted octanol–water partition coefficient (Wildman–Crippen LogP) is 0.314. The van der Waals surface area contributed by atoms with Crippen LogP contribution in [-0.4, -0.2) is 58.9 Å². The van der Waals surface area contributed by atoms with Crippen molar-refractivity contribution in [1.82, 2.24) is 0 Å². The van der Waals surface area contributed by atoms with E-state index in [2.05, 4.69) is 0 Å². The molecule has 0 aromatic rings. The standard InChI is InChI=1S/C12H24N2O4/c1-12(14,11-13)3-4-16-7-8-18-10-9-17-6-5-15-2/h3-10,14H2,1-2H3. The fraction of sp³-hybridized carbons (Fsp3) is 0.917. The molecule has 0 radical (unpaired) electrons. The zero-order valence-corrected chi connectivity index (χ0v) is 11.3. The molecule has 0 aliphatic carbocycles. The number of nitrogens with zero attached hydrogens (tertiary/aromatic N) is 1. The van der Waals surface area contributed by atoms with Gasteiger partial charge >= 0.3 is 0 Å². The van der Waals surface area contributed by atoms with E-state index in [0.717, 1.165) is 0 Å². The molecule has 106 valence electrons. The Morgan fingerprint density at radius 2 is 1.39 bits per heavy atom. The molecule has 0 saturated heterocycles. The normalized spacial score (nSPS) is 14.1. The van der Waals surface area contributed by atoms with Crippen molar-refractivity contribution in [3.8, 4) is 6.07 Å². The van der Waals surface area contributed by atoms with Crippen molar-refractivity contribution in [2.75, 3.05) is 53.4 Å². The molecule has 6 nitrogen and oxygen atoms in total. The number of hydrogen-bond acceptors (Lipinski definition) is 6. The molecule has 0 aromatic heterocycles. The number of nitriles is 1. The van der Waals surface area contributed by atoms with Gasteiger partial charge in [0.2, 0.25) is 0 Å². The monoisotopic (exact) mass is 260 g/mol. The third-order valence-corrected chi connectivity index (χ3v) is 2.20. The van der Waals surface area contributed by atoms with Gasteiger partial charge in [-0.2, -0.15) is 5.26 Å². The highest BCUT2D eigenvalue weighted by atomic mass is 16.6. The zero-order chi connectivity index (χ0) is 13.7. The van der Waals surface area contributed by atoms with Crippen LogP contribution < -0.4 is 5.73 Å². The molecule has 6 heteroatoms. The van der Waals surface area contributed by atoms with Crippen LogP contribution in [0.5, 0.6) is 0 Å². The Hall–Kier alpha value is -0.710. The van der Waals surface area contributed by atoms with Crippen LogP contribution in [0.15, 0.2) is 0 Å². The first-order valence-electron chi connectivity index (χ1n) is 6.04. The first-order chi connectivity index (χ1) is 8.62. The predicted molar refractivity (Wildman–Crippen MR) is 67.2 cm³/mol. The summed E-state index contributed by atoms with van der Waals surface area (Å²) in [6, 6.07) is 2.02. The minimum absolute atomic E-state index is 0.467. The van der Waals surface area contributed by atoms with Gasteiger partial charge in [0.15, 0.2) is 0 Å². The Kier molecular flexibility index (Phi) is 10.9. The second-order valence-electron chi connectivity index (χ2n) is 4.11. The van der Waals surface area contributed by atoms with Gasteiger partial charge in [0.25, 0.3) is 0 Å². The molecule has 0 aliphatic heterocycles. The van der Waals surface area contributed by atoms with E-state index >= 15 is 0 Å². The van der Waals surface area contributed by atoms with Crippen LogP contribution in [0.1, 0.15) is 13.3 Å². The quantitative estimate of drug-likeness (QED) is 0.508. The van der Waals surface area contributed by atoms with E-state index in [9.17, 15) is 0 Å². The van der Waals surface area contributed by atoms with E-state index in [1.54, 1.807) is 14.0 Å². The summed E-state index contributed by atoms with van der Waals surface area (Å²) in [5, 5.41) is 8.68. The summed E-state index contributed by atoms with van der Waals surface area (Å²) in [4.78, 5) is 0. The number of nitrogens with two attached hydrogens (primary N) is 1. The highest BCUT2D eigenvalue weighted by molar-refractivity contribution is 5.00. The Bertz CT molecular complexity index is 229. The van der Waals surface area contributed by atoms with E-state index in [1.807, 2.05) is 6.07 Å². The van der Waals surface area contributed by atoms with Crippen LogP contribution in [0.3, 0.4) is 0 Å². The molecule has 0 rings (SSSR count). The maximum atomic E-state index is 8.68. The summed E-state index contributed by atoms with van der Waals surface area (Å²) in [7, 11) is 1.63. The fourth-order valence-electron chi connectivity index (χ4n) is 1.02. The molecule has 0 saturated carbocycles. The van der Waals surface area contributed by atoms with Crippen molar-refractivity contribution in [2.24, 2.45) is 5.73 Å². The van der Waals surface area contributed by atoms with Gasteiger partial charge in [-0.1, -0.05) is 0 Å². The van der Waals surface area contributed by atoms with E-state index in [4.69, 9.17) is 29.9 Å². The van der Waals surface area contributed by atoms with E-state index < -0.39 is 5.54 Å². The van der Waals surface area contributed by atoms with Crippen LogP contribution in [0.25, 0.3) is 0 Å². The maximum Gasteiger partial charge on any atom is 0.103 e. The van der Waals surface area contributed by atoms with Crippen LogP contribution in [0.4, 0.5) is 0 Å². The van der Waals surface area contributed by atoms with Gasteiger partial charge < -0.3 is 24.7 Å². The molecule has 1 atom stereocenters. The molecule has 0 amide bonds. The largest absolute Gasteiger partial charge is 0.382 e. The molecule has 0 heterocycles. The smallest absolute Gasteiger partial charge is 0.103 e. The summed E-state index contributed by atoms with van der Waals surface area (Å²) in [5.41, 5.74) is 4.83. The third kappa shape index (κ3) is 11.8. The molecule has 0 bridgehead atoms. The summed E-state index contributed by atoms with van der Waals surface area (Å²) in [5.74, 6) is 0. The van der Waals surface area contributed by atoms with Gasteiger partial charge in [0, 0.05) is 20.1 Å². The van der Waals surface area contributed by atoms with Gasteiger partial charge in [-0.05, 0) is 6.92 Å². The lowest BCUT2D eigenvalue weighted by atomic mass is 10.0. The van der Waals surface area contributed by atoms with Crippen LogP contribution in [0, 0.1) is 11.3 Å². The SMILES string of the molecule is COCCOCCOCCOCCC(C)(N)C#N. The Morgan fingerprint density at radius 1 is 0.944 bits per heavy atom. The molecule has 2 N–H and O–H groups in total. The van der Waals surface area contributed by atoms with Gasteiger partial charge in [0.1, 0.15) is 5.54 Å². The van der Waals surface area contributed by atoms with E-state index in [0.29, 0.717) is 52.7 Å². The van der Waals surface area contributed by atoms with Crippen molar-refractivity contribution < 1.29 is 18.9 Å². The highest BCUT2D eigenvalue weighted by Gasteiger charge is 2.16. The average molecular weight is 260 g/mol. The summed E-state index contributed by atoms with van der Waals surface area (Å²) >= 11 is 0. The summed E-state index contributed by atoms with van der Waals surface area (Å²) < 4.78 is 20.6. The molecule has 0 aromatic carbocycles. The van der Waals surface area contributed by atoms with Crippen molar-refractivity contribution in [2.45, 2.75) is 18.9 Å². The van der Waals surface area contributed by atoms with Crippen molar-refractivity contribution in [3.63, 3.8) is 0 Å². The highest BCUT2D eigenvalue weighted by Crippen LogP contribution is 2.02. The first kappa shape index (κ1) is 17.3. The molecular weight excluding hydrogens is 236 g/mol. The Morgan fingerprint density at radius 3 is 1.83 bits per heavy atom. The van der Waals surface area contributed by atoms with Gasteiger partial charge in [0.05, 0.1) is 45.7 Å². The second kappa shape index (κ2) is 11.4. The summed E-state index contributed by atoms with van der Waals surface area (Å²) in [6.45, 7) is 5.44. The number of ether oxygens (including phenoxy) is 4. The molecule has 0 aliphatic rings. The van der Waals surface area contributed by atoms with E-state index in [1.165, 1.54) is 0 Å². The van der Waals surface area contributed by atoms with Gasteiger partial charge in [-0.25, -0.2) is 0 Å². The van der Waals surface area contributed by atoms with Crippen LogP contribution in [0.2, 0.25) is 0 Å². The zero-order valence-electron chi connectivity index (χ0n) is 11.3. The lowest BCUT2D eigenvalue weighted by Gasteiger charge is -2.14. The van der Waals surface area contributed by atoms with Crippen molar-refractivity contribution in [3.05, 3.63) is 0 Å². The number of rotatable bonds is 12. The van der Waals surface area contributed by atoms with Crippen molar-refractivity contribution >= 4 is 0 Å². The second-order valence-corrected chi connectivity index (χ2v) is 4.11. The van der Waals surface area contributed by atoms with Crippen molar-refractivity contribution in [1.29, 1.82) is 5.26 Å². The Balaban J connectivity index is 3.11. The minimum Gasteiger partial charge on any atom is -0.382 e. The molecule has 18 heavy (non-hydrogen) atoms. The van der Waals surface area contributed by atoms with Gasteiger partial charge in [-0.3, -0.25) is 0 Å². The maximum absolute atomic E-state index is 8.68. The van der Waals surface area contributed by atoms with Gasteiger partial charge in [-0.15, -0.1) is 0 Å². The average Bonchev–Trinajstić information content (AvgIpc) is 2.36. The number of methoxy groups -OCH3 is 1. The molecule has 1 unspecified atom stereocenters. The third-order valence-electron chi connectivity index (χ3n) is 2.20. The molecular formula is C12H24N2O4. The molecule has 0 spiro atoms. The lowest BCUT2D eigenvalue weighted by molar-refractivity contribution is 0.00247. The van der Waals surface area contributed by atoms with Crippen LogP contribution >= 0.6 is 0 Å². The number of hydrogen-bond donors (Lipinski definition) is 1. The van der Waals surface area contributed by atoms with E-state index in [-0.39, 0.29) is 0 Å². The molecule has 0 fully saturated rings. The first-order valence-corrected chi connectivity index (χ1v) is 6.04. The topological polar surface area (TPSA) is 86.7 Å². The Labute approximate surface area is 109 Å². The van der Waals surface area contributed by atoms with Crippen LogP contribution in [-0.2, 0) is 18.9 Å². The lowest BCUT2D eigenvalue weighted by Crippen LogP contribution is -2.35. The fourth-order valence-corrected chi connectivity index (χ4v) is 1.02. The minimum atomic E-state index is -0.809. The summed E-state index contributed by atoms with van der Waals surface area (Å²) in [6.07, 6.45) is 0.517.